The van der Waals surface area contributed by atoms with Crippen molar-refractivity contribution in [3.8, 4) is 23.0 Å². The Morgan fingerprint density at radius 3 is 2.52 bits per heavy atom. The van der Waals surface area contributed by atoms with Gasteiger partial charge >= 0.3 is 0 Å². The number of phenols is 1. The van der Waals surface area contributed by atoms with Gasteiger partial charge in [0.25, 0.3) is 0 Å². The Kier molecular flexibility index (Phi) is 8.55. The van der Waals surface area contributed by atoms with E-state index < -0.39 is 0 Å². The van der Waals surface area contributed by atoms with E-state index in [1.807, 2.05) is 38.1 Å². The van der Waals surface area contributed by atoms with Gasteiger partial charge < -0.3 is 29.0 Å². The number of phenolic OH excluding ortho intramolecular Hbond substituents is 1. The first-order valence-corrected chi connectivity index (χ1v) is 10.9. The smallest absolute Gasteiger partial charge is 0.166 e. The monoisotopic (exact) mass is 429 g/mol. The number of rotatable bonds is 10. The Morgan fingerprint density at radius 1 is 1.06 bits per heavy atom. The van der Waals surface area contributed by atoms with Crippen molar-refractivity contribution in [2.24, 2.45) is 4.99 Å². The van der Waals surface area contributed by atoms with E-state index in [2.05, 4.69) is 6.07 Å². The maximum absolute atomic E-state index is 10.4. The molecule has 0 aromatic heterocycles. The van der Waals surface area contributed by atoms with Gasteiger partial charge in [0.2, 0.25) is 0 Å². The first-order valence-electron chi connectivity index (χ1n) is 10.9. The molecule has 1 heterocycles. The third kappa shape index (κ3) is 5.89. The minimum absolute atomic E-state index is 0.117. The van der Waals surface area contributed by atoms with Crippen LogP contribution in [0.25, 0.3) is 0 Å². The van der Waals surface area contributed by atoms with Crippen molar-refractivity contribution in [2.45, 2.75) is 19.9 Å². The van der Waals surface area contributed by atoms with E-state index in [9.17, 15) is 5.11 Å². The lowest BCUT2D eigenvalue weighted by Crippen LogP contribution is -3.14. The molecule has 7 heteroatoms. The second-order valence-corrected chi connectivity index (χ2v) is 7.29. The van der Waals surface area contributed by atoms with Gasteiger partial charge in [0.1, 0.15) is 19.1 Å². The number of nitrogens with one attached hydrogen (secondary N) is 1. The summed E-state index contributed by atoms with van der Waals surface area (Å²) in [5.74, 6) is 2.05. The van der Waals surface area contributed by atoms with Crippen LogP contribution < -0.4 is 19.1 Å². The summed E-state index contributed by atoms with van der Waals surface area (Å²) in [5, 5.41) is 10.4. The Labute approximate surface area is 184 Å². The summed E-state index contributed by atoms with van der Waals surface area (Å²) in [7, 11) is 1.66. The van der Waals surface area contributed by atoms with Crippen LogP contribution in [0.5, 0.6) is 23.0 Å². The van der Waals surface area contributed by atoms with Gasteiger partial charge in [0, 0.05) is 17.3 Å². The fourth-order valence-corrected chi connectivity index (χ4v) is 3.80. The zero-order chi connectivity index (χ0) is 22.1. The molecule has 0 aliphatic carbocycles. The molecule has 0 amide bonds. The van der Waals surface area contributed by atoms with Gasteiger partial charge in [-0.05, 0) is 44.2 Å². The third-order valence-electron chi connectivity index (χ3n) is 5.37. The molecule has 1 aliphatic rings. The van der Waals surface area contributed by atoms with Gasteiger partial charge in [0.15, 0.2) is 23.0 Å². The zero-order valence-corrected chi connectivity index (χ0v) is 18.6. The highest BCUT2D eigenvalue weighted by atomic mass is 16.5. The minimum Gasteiger partial charge on any atom is -0.504 e. The van der Waals surface area contributed by atoms with Gasteiger partial charge in [-0.1, -0.05) is 6.07 Å². The second-order valence-electron chi connectivity index (χ2n) is 7.29. The molecule has 0 radical (unpaired) electrons. The molecule has 0 bridgehead atoms. The maximum atomic E-state index is 10.4. The van der Waals surface area contributed by atoms with Crippen molar-refractivity contribution < 1.29 is 29.0 Å². The molecule has 2 aromatic carbocycles. The third-order valence-corrected chi connectivity index (χ3v) is 5.37. The lowest BCUT2D eigenvalue weighted by Gasteiger charge is -2.31. The molecule has 3 rings (SSSR count). The molecule has 1 atom stereocenters. The lowest BCUT2D eigenvalue weighted by molar-refractivity contribution is -0.937. The predicted molar refractivity (Wildman–Crippen MR) is 120 cm³/mol. The highest BCUT2D eigenvalue weighted by Gasteiger charge is 2.27. The molecule has 7 nitrogen and oxygen atoms in total. The Hall–Kier alpha value is -2.77. The number of hydrogen-bond donors (Lipinski definition) is 2. The normalized spacial score (nSPS) is 15.7. The summed E-state index contributed by atoms with van der Waals surface area (Å²) < 4.78 is 22.3. The van der Waals surface area contributed by atoms with Crippen molar-refractivity contribution >= 4 is 6.21 Å². The number of quaternary nitrogens is 1. The molecule has 0 spiro atoms. The van der Waals surface area contributed by atoms with Crippen molar-refractivity contribution in [3.63, 3.8) is 0 Å². The van der Waals surface area contributed by atoms with E-state index in [1.165, 1.54) is 4.90 Å². The highest BCUT2D eigenvalue weighted by Crippen LogP contribution is 2.31. The predicted octanol–water partition coefficient (Wildman–Crippen LogP) is 2.27. The summed E-state index contributed by atoms with van der Waals surface area (Å²) in [6.07, 6.45) is 1.72. The Bertz CT molecular complexity index is 865. The fraction of sp³-hybridized carbons (Fsp3) is 0.458. The number of aromatic hydroxyl groups is 1. The molecule has 0 saturated carbocycles. The average Bonchev–Trinajstić information content (AvgIpc) is 2.80. The lowest BCUT2D eigenvalue weighted by atomic mass is 10.0. The standard InChI is InChI=1S/C24H32N2O5/c1-4-30-21-10-9-18(15-23(21)28-3)20(26-11-13-29-14-12-26)17-25-16-19-7-6-8-22(24(19)27)31-5-2/h6-10,15-16,20,27H,4-5,11-14,17H2,1-3H3/p+1/t20-/m1/s1. The summed E-state index contributed by atoms with van der Waals surface area (Å²) in [5.41, 5.74) is 1.78. The molecule has 0 unspecified atom stereocenters. The maximum Gasteiger partial charge on any atom is 0.166 e. The Balaban J connectivity index is 1.83. The van der Waals surface area contributed by atoms with Crippen molar-refractivity contribution in [3.05, 3.63) is 47.5 Å². The molecule has 2 aromatic rings. The number of nitrogens with zero attached hydrogens (tertiary/aromatic N) is 1. The topological polar surface area (TPSA) is 74.0 Å². The number of ether oxygens (including phenoxy) is 4. The number of para-hydroxylation sites is 1. The van der Waals surface area contributed by atoms with E-state index in [0.717, 1.165) is 43.4 Å². The van der Waals surface area contributed by atoms with Gasteiger partial charge in [-0.2, -0.15) is 0 Å². The average molecular weight is 430 g/mol. The van der Waals surface area contributed by atoms with Crippen LogP contribution >= 0.6 is 0 Å². The number of aliphatic imine (C=N–C) groups is 1. The van der Waals surface area contributed by atoms with Crippen molar-refractivity contribution in [1.29, 1.82) is 0 Å². The summed E-state index contributed by atoms with van der Waals surface area (Å²) in [4.78, 5) is 6.11. The fourth-order valence-electron chi connectivity index (χ4n) is 3.80. The van der Waals surface area contributed by atoms with Crippen LogP contribution in [0.4, 0.5) is 0 Å². The van der Waals surface area contributed by atoms with Gasteiger partial charge in [0.05, 0.1) is 40.1 Å². The van der Waals surface area contributed by atoms with E-state index in [-0.39, 0.29) is 11.8 Å². The number of benzene rings is 2. The van der Waals surface area contributed by atoms with Crippen LogP contribution in [0.3, 0.4) is 0 Å². The number of methoxy groups -OCH3 is 1. The molecule has 2 N–H and O–H groups in total. The zero-order valence-electron chi connectivity index (χ0n) is 18.6. The van der Waals surface area contributed by atoms with Crippen LogP contribution in [0.15, 0.2) is 41.4 Å². The summed E-state index contributed by atoms with van der Waals surface area (Å²) >= 11 is 0. The van der Waals surface area contributed by atoms with Crippen LogP contribution in [0, 0.1) is 0 Å². The minimum atomic E-state index is 0.117. The number of hydrogen-bond acceptors (Lipinski definition) is 6. The largest absolute Gasteiger partial charge is 0.504 e. The SMILES string of the molecule is CCOc1ccc([C@@H](CN=Cc2cccc(OCC)c2O)[NH+]2CCOCC2)cc1OC. The molecule has 1 fully saturated rings. The molecular weight excluding hydrogens is 396 g/mol. The highest BCUT2D eigenvalue weighted by molar-refractivity contribution is 5.84. The number of morpholine rings is 1. The summed E-state index contributed by atoms with van der Waals surface area (Å²) in [6, 6.07) is 11.7. The molecule has 168 valence electrons. The second kappa shape index (κ2) is 11.6. The van der Waals surface area contributed by atoms with E-state index >= 15 is 0 Å². The van der Waals surface area contributed by atoms with E-state index in [0.29, 0.717) is 31.1 Å². The first kappa shape index (κ1) is 22.9. The van der Waals surface area contributed by atoms with Gasteiger partial charge in [-0.25, -0.2) is 0 Å². The van der Waals surface area contributed by atoms with Crippen LogP contribution in [0.1, 0.15) is 31.0 Å². The van der Waals surface area contributed by atoms with Crippen molar-refractivity contribution in [2.75, 3.05) is 53.2 Å². The molecule has 1 saturated heterocycles. The summed E-state index contributed by atoms with van der Waals surface area (Å²) in [6.45, 7) is 8.81. The Morgan fingerprint density at radius 2 is 1.81 bits per heavy atom. The van der Waals surface area contributed by atoms with Gasteiger partial charge in [-0.3, -0.25) is 4.99 Å². The molecular formula is C24H33N2O5+. The van der Waals surface area contributed by atoms with Crippen molar-refractivity contribution in [1.82, 2.24) is 0 Å². The van der Waals surface area contributed by atoms with E-state index in [4.69, 9.17) is 23.9 Å². The first-order chi connectivity index (χ1) is 15.2. The van der Waals surface area contributed by atoms with Crippen LogP contribution in [-0.4, -0.2) is 64.5 Å². The van der Waals surface area contributed by atoms with Gasteiger partial charge in [-0.15, -0.1) is 0 Å². The van der Waals surface area contributed by atoms with Crippen LogP contribution in [-0.2, 0) is 4.74 Å². The molecule has 1 aliphatic heterocycles. The molecule has 31 heavy (non-hydrogen) atoms. The van der Waals surface area contributed by atoms with E-state index in [1.54, 1.807) is 19.4 Å². The quantitative estimate of drug-likeness (QED) is 0.567. The van der Waals surface area contributed by atoms with Crippen LogP contribution in [0.2, 0.25) is 0 Å².